The normalized spacial score (nSPS) is 15.5. The number of carbonyl (C=O) groups excluding carboxylic acids is 3. The molecule has 0 fully saturated rings. The summed E-state index contributed by atoms with van der Waals surface area (Å²) in [7, 11) is 0. The van der Waals surface area contributed by atoms with Crippen molar-refractivity contribution >= 4 is 34.3 Å². The van der Waals surface area contributed by atoms with Crippen LogP contribution in [-0.4, -0.2) is 29.3 Å². The summed E-state index contributed by atoms with van der Waals surface area (Å²) in [6, 6.07) is 12.2. The number of esters is 1. The van der Waals surface area contributed by atoms with Crippen molar-refractivity contribution in [3.63, 3.8) is 0 Å². The molecule has 6 nitrogen and oxygen atoms in total. The van der Waals surface area contributed by atoms with Gasteiger partial charge in [-0.2, -0.15) is 0 Å². The number of ether oxygens (including phenoxy) is 1. The lowest BCUT2D eigenvalue weighted by atomic mass is 9.87. The van der Waals surface area contributed by atoms with Crippen molar-refractivity contribution in [1.82, 2.24) is 4.98 Å². The fourth-order valence-corrected chi connectivity index (χ4v) is 4.02. The molecule has 0 bridgehead atoms. The number of hydrogen-bond donors (Lipinski definition) is 2. The predicted molar refractivity (Wildman–Crippen MR) is 115 cm³/mol. The molecule has 2 aromatic carbocycles. The first-order valence-electron chi connectivity index (χ1n) is 10.1. The third-order valence-electron chi connectivity index (χ3n) is 5.58. The number of ketones is 1. The number of rotatable bonds is 5. The number of hydrogen-bond acceptors (Lipinski definition) is 4. The van der Waals surface area contributed by atoms with E-state index in [1.54, 1.807) is 30.3 Å². The molecule has 0 saturated heterocycles. The molecule has 1 aliphatic carbocycles. The molecule has 0 saturated carbocycles. The predicted octanol–water partition coefficient (Wildman–Crippen LogP) is 4.29. The van der Waals surface area contributed by atoms with Gasteiger partial charge in [-0.05, 0) is 68.0 Å². The van der Waals surface area contributed by atoms with Crippen LogP contribution in [0, 0.1) is 5.92 Å². The van der Waals surface area contributed by atoms with E-state index in [0.29, 0.717) is 22.7 Å². The molecule has 1 aromatic heterocycles. The summed E-state index contributed by atoms with van der Waals surface area (Å²) in [5.41, 5.74) is 4.77. The lowest BCUT2D eigenvalue weighted by molar-refractivity contribution is -0.119. The van der Waals surface area contributed by atoms with Crippen LogP contribution in [0.5, 0.6) is 0 Å². The van der Waals surface area contributed by atoms with Crippen molar-refractivity contribution in [3.05, 3.63) is 64.8 Å². The molecule has 0 spiro atoms. The lowest BCUT2D eigenvalue weighted by Gasteiger charge is -2.18. The fraction of sp³-hybridized carbons (Fsp3) is 0.292. The van der Waals surface area contributed by atoms with Crippen LogP contribution in [0.4, 0.5) is 5.69 Å². The van der Waals surface area contributed by atoms with E-state index in [2.05, 4.69) is 17.2 Å². The SMILES string of the molecule is CC(=O)c1ccccc1NC(=O)COC(=O)c1ccc2[nH]c3c(c2c1)C[C@H](C)CC3. The Hall–Kier alpha value is -3.41. The summed E-state index contributed by atoms with van der Waals surface area (Å²) < 4.78 is 5.21. The molecule has 2 N–H and O–H groups in total. The second kappa shape index (κ2) is 8.14. The van der Waals surface area contributed by atoms with Gasteiger partial charge in [-0.3, -0.25) is 9.59 Å². The molecule has 1 amide bonds. The van der Waals surface area contributed by atoms with Gasteiger partial charge in [0.2, 0.25) is 0 Å². The Bertz CT molecular complexity index is 1150. The Kier molecular flexibility index (Phi) is 5.40. The fourth-order valence-electron chi connectivity index (χ4n) is 4.02. The molecule has 0 radical (unpaired) electrons. The van der Waals surface area contributed by atoms with Crippen LogP contribution in [0.3, 0.4) is 0 Å². The van der Waals surface area contributed by atoms with E-state index >= 15 is 0 Å². The number of H-pyrrole nitrogens is 1. The third kappa shape index (κ3) is 3.99. The zero-order valence-electron chi connectivity index (χ0n) is 17.1. The average molecular weight is 404 g/mol. The Morgan fingerprint density at radius 3 is 2.77 bits per heavy atom. The summed E-state index contributed by atoms with van der Waals surface area (Å²) in [6.45, 7) is 3.25. The summed E-state index contributed by atoms with van der Waals surface area (Å²) in [6.07, 6.45) is 3.18. The number of aromatic amines is 1. The van der Waals surface area contributed by atoms with Gasteiger partial charge in [0.25, 0.3) is 5.91 Å². The maximum Gasteiger partial charge on any atom is 0.338 e. The summed E-state index contributed by atoms with van der Waals surface area (Å²) >= 11 is 0. The number of carbonyl (C=O) groups is 3. The number of benzene rings is 2. The van der Waals surface area contributed by atoms with Crippen LogP contribution in [0.15, 0.2) is 42.5 Å². The van der Waals surface area contributed by atoms with Gasteiger partial charge in [0, 0.05) is 22.2 Å². The summed E-state index contributed by atoms with van der Waals surface area (Å²) in [5.74, 6) is -0.578. The highest BCUT2D eigenvalue weighted by Gasteiger charge is 2.21. The Morgan fingerprint density at radius 2 is 1.97 bits per heavy atom. The highest BCUT2D eigenvalue weighted by atomic mass is 16.5. The quantitative estimate of drug-likeness (QED) is 0.490. The number of aryl methyl sites for hydroxylation is 1. The maximum absolute atomic E-state index is 12.5. The standard InChI is InChI=1S/C24H24N2O4/c1-14-7-9-21-18(11-14)19-12-16(8-10-22(19)25-21)24(29)30-13-23(28)26-20-6-4-3-5-17(20)15(2)27/h3-6,8,10,12,14,25H,7,9,11,13H2,1-2H3,(H,26,28)/t14-/m1/s1. The van der Waals surface area contributed by atoms with Crippen LogP contribution < -0.4 is 5.32 Å². The zero-order valence-corrected chi connectivity index (χ0v) is 17.1. The molecule has 6 heteroatoms. The molecular formula is C24H24N2O4. The number of aromatic nitrogens is 1. The largest absolute Gasteiger partial charge is 0.452 e. The molecule has 3 aromatic rings. The lowest BCUT2D eigenvalue weighted by Crippen LogP contribution is -2.22. The monoisotopic (exact) mass is 404 g/mol. The first-order valence-corrected chi connectivity index (χ1v) is 10.1. The van der Waals surface area contributed by atoms with E-state index in [0.717, 1.165) is 30.2 Å². The van der Waals surface area contributed by atoms with Gasteiger partial charge in [0.15, 0.2) is 12.4 Å². The van der Waals surface area contributed by atoms with E-state index in [1.807, 2.05) is 12.1 Å². The van der Waals surface area contributed by atoms with Crippen LogP contribution in [0.2, 0.25) is 0 Å². The molecule has 0 unspecified atom stereocenters. The minimum absolute atomic E-state index is 0.152. The van der Waals surface area contributed by atoms with Crippen molar-refractivity contribution in [2.24, 2.45) is 5.92 Å². The Labute approximate surface area is 174 Å². The van der Waals surface area contributed by atoms with E-state index in [4.69, 9.17) is 4.74 Å². The average Bonchev–Trinajstić information content (AvgIpc) is 3.09. The van der Waals surface area contributed by atoms with E-state index in [9.17, 15) is 14.4 Å². The Balaban J connectivity index is 1.44. The molecule has 1 aliphatic rings. The van der Waals surface area contributed by atoms with Crippen molar-refractivity contribution in [2.75, 3.05) is 11.9 Å². The van der Waals surface area contributed by atoms with Crippen molar-refractivity contribution in [1.29, 1.82) is 0 Å². The number of anilines is 1. The summed E-state index contributed by atoms with van der Waals surface area (Å²) in [5, 5.41) is 3.68. The van der Waals surface area contributed by atoms with Gasteiger partial charge >= 0.3 is 5.97 Å². The highest BCUT2D eigenvalue weighted by Crippen LogP contribution is 2.32. The Morgan fingerprint density at radius 1 is 1.17 bits per heavy atom. The first kappa shape index (κ1) is 19.9. The molecule has 30 heavy (non-hydrogen) atoms. The maximum atomic E-state index is 12.5. The third-order valence-corrected chi connectivity index (χ3v) is 5.58. The number of para-hydroxylation sites is 1. The second-order valence-electron chi connectivity index (χ2n) is 7.92. The number of Topliss-reactive ketones (excluding diaryl/α,β-unsaturated/α-hetero) is 1. The van der Waals surface area contributed by atoms with Crippen LogP contribution in [0.25, 0.3) is 10.9 Å². The van der Waals surface area contributed by atoms with Crippen molar-refractivity contribution in [3.8, 4) is 0 Å². The van der Waals surface area contributed by atoms with Gasteiger partial charge in [0.1, 0.15) is 0 Å². The van der Waals surface area contributed by atoms with Gasteiger partial charge in [0.05, 0.1) is 11.3 Å². The van der Waals surface area contributed by atoms with E-state index < -0.39 is 18.5 Å². The van der Waals surface area contributed by atoms with Crippen LogP contribution in [-0.2, 0) is 22.4 Å². The highest BCUT2D eigenvalue weighted by molar-refractivity contribution is 6.04. The molecule has 1 atom stereocenters. The van der Waals surface area contributed by atoms with Gasteiger partial charge < -0.3 is 15.0 Å². The zero-order chi connectivity index (χ0) is 21.3. The molecule has 1 heterocycles. The smallest absolute Gasteiger partial charge is 0.338 e. The topological polar surface area (TPSA) is 88.3 Å². The number of fused-ring (bicyclic) bond motifs is 3. The molecule has 0 aliphatic heterocycles. The van der Waals surface area contributed by atoms with Crippen LogP contribution >= 0.6 is 0 Å². The van der Waals surface area contributed by atoms with Crippen molar-refractivity contribution < 1.29 is 19.1 Å². The van der Waals surface area contributed by atoms with Crippen molar-refractivity contribution in [2.45, 2.75) is 33.1 Å². The second-order valence-corrected chi connectivity index (χ2v) is 7.92. The summed E-state index contributed by atoms with van der Waals surface area (Å²) in [4.78, 5) is 39.8. The van der Waals surface area contributed by atoms with E-state index in [1.165, 1.54) is 18.2 Å². The van der Waals surface area contributed by atoms with Crippen LogP contribution in [0.1, 0.15) is 52.2 Å². The van der Waals surface area contributed by atoms with E-state index in [-0.39, 0.29) is 5.78 Å². The molecule has 154 valence electrons. The van der Waals surface area contributed by atoms with Gasteiger partial charge in [-0.25, -0.2) is 4.79 Å². The number of amides is 1. The van der Waals surface area contributed by atoms with Gasteiger partial charge in [-0.15, -0.1) is 0 Å². The van der Waals surface area contributed by atoms with Gasteiger partial charge in [-0.1, -0.05) is 19.1 Å². The first-order chi connectivity index (χ1) is 14.4. The number of nitrogens with one attached hydrogen (secondary N) is 2. The minimum Gasteiger partial charge on any atom is -0.452 e. The molecular weight excluding hydrogens is 380 g/mol. The molecule has 4 rings (SSSR count). The minimum atomic E-state index is -0.550.